The van der Waals surface area contributed by atoms with Gasteiger partial charge in [0.05, 0.1) is 6.04 Å². The molecule has 0 radical (unpaired) electrons. The number of hydrogen-bond donors (Lipinski definition) is 1. The molecule has 1 aromatic rings. The van der Waals surface area contributed by atoms with Gasteiger partial charge in [-0.25, -0.2) is 0 Å². The first-order valence-corrected chi connectivity index (χ1v) is 6.53. The maximum Gasteiger partial charge on any atom is 0.121 e. The van der Waals surface area contributed by atoms with Gasteiger partial charge in [-0.1, -0.05) is 0 Å². The third-order valence-electron chi connectivity index (χ3n) is 3.54. The Balaban J connectivity index is 2.10. The molecule has 3 nitrogen and oxygen atoms in total. The van der Waals surface area contributed by atoms with Crippen LogP contribution in [0.5, 0.6) is 0 Å². The van der Waals surface area contributed by atoms with E-state index in [9.17, 15) is 0 Å². The second-order valence-corrected chi connectivity index (χ2v) is 5.76. The maximum atomic E-state index is 5.75. The van der Waals surface area contributed by atoms with Crippen molar-refractivity contribution in [2.24, 2.45) is 0 Å². The Kier molecular flexibility index (Phi) is 3.59. The smallest absolute Gasteiger partial charge is 0.121 e. The number of nitrogens with one attached hydrogen (secondary N) is 1. The molecule has 1 aromatic heterocycles. The Morgan fingerprint density at radius 1 is 1.41 bits per heavy atom. The Bertz CT molecular complexity index is 370. The number of rotatable bonds is 2. The molecule has 3 heteroatoms. The molecule has 0 aliphatic carbocycles. The molecule has 0 bridgehead atoms. The highest BCUT2D eigenvalue weighted by atomic mass is 16.3. The van der Waals surface area contributed by atoms with Crippen LogP contribution < -0.4 is 5.32 Å². The van der Waals surface area contributed by atoms with Gasteiger partial charge in [0.25, 0.3) is 0 Å². The Hall–Kier alpha value is -0.800. The van der Waals surface area contributed by atoms with Crippen LogP contribution in [0.4, 0.5) is 0 Å². The van der Waals surface area contributed by atoms with Crippen molar-refractivity contribution in [1.82, 2.24) is 10.2 Å². The summed E-state index contributed by atoms with van der Waals surface area (Å²) in [5.74, 6) is 2.08. The predicted octanol–water partition coefficient (Wildman–Crippen LogP) is 2.72. The second kappa shape index (κ2) is 4.83. The molecule has 2 rings (SSSR count). The molecule has 1 aliphatic rings. The Morgan fingerprint density at radius 3 is 2.82 bits per heavy atom. The van der Waals surface area contributed by atoms with Crippen LogP contribution >= 0.6 is 0 Å². The van der Waals surface area contributed by atoms with Crippen LogP contribution in [0.1, 0.15) is 44.8 Å². The summed E-state index contributed by atoms with van der Waals surface area (Å²) < 4.78 is 5.75. The van der Waals surface area contributed by atoms with Crippen LogP contribution in [0.2, 0.25) is 0 Å². The number of hydrogen-bond acceptors (Lipinski definition) is 3. The van der Waals surface area contributed by atoms with Crippen molar-refractivity contribution in [3.8, 4) is 0 Å². The minimum atomic E-state index is 0.187. The second-order valence-electron chi connectivity index (χ2n) is 5.76. The van der Waals surface area contributed by atoms with E-state index < -0.39 is 0 Å². The average Bonchev–Trinajstić information content (AvgIpc) is 2.59. The monoisotopic (exact) mass is 236 g/mol. The normalized spacial score (nSPS) is 23.3. The van der Waals surface area contributed by atoms with Crippen LogP contribution in [0, 0.1) is 6.92 Å². The standard InChI is InChI=1S/C14H24N2O/c1-11-6-7-13(17-11)12(2)16-9-5-8-15-14(3,4)10-16/h6-7,12,15H,5,8-10H2,1-4H3. The molecule has 1 aliphatic heterocycles. The molecular weight excluding hydrogens is 212 g/mol. The molecule has 1 atom stereocenters. The van der Waals surface area contributed by atoms with Gasteiger partial charge in [0, 0.05) is 18.6 Å². The summed E-state index contributed by atoms with van der Waals surface area (Å²) in [7, 11) is 0. The third kappa shape index (κ3) is 3.11. The zero-order valence-electron chi connectivity index (χ0n) is 11.4. The molecule has 1 N–H and O–H groups in total. The zero-order chi connectivity index (χ0) is 12.5. The minimum Gasteiger partial charge on any atom is -0.465 e. The van der Waals surface area contributed by atoms with Crippen molar-refractivity contribution in [3.63, 3.8) is 0 Å². The Morgan fingerprint density at radius 2 is 2.18 bits per heavy atom. The average molecular weight is 236 g/mol. The van der Waals surface area contributed by atoms with Crippen LogP contribution in [-0.4, -0.2) is 30.1 Å². The Labute approximate surface area is 104 Å². The lowest BCUT2D eigenvalue weighted by Crippen LogP contribution is -2.46. The summed E-state index contributed by atoms with van der Waals surface area (Å²) in [6, 6.07) is 4.51. The minimum absolute atomic E-state index is 0.187. The van der Waals surface area contributed by atoms with E-state index in [0.29, 0.717) is 6.04 Å². The molecule has 1 fully saturated rings. The van der Waals surface area contributed by atoms with Crippen LogP contribution in [-0.2, 0) is 0 Å². The first kappa shape index (κ1) is 12.7. The van der Waals surface area contributed by atoms with E-state index >= 15 is 0 Å². The molecule has 1 saturated heterocycles. The van der Waals surface area contributed by atoms with E-state index in [1.165, 1.54) is 6.42 Å². The molecule has 2 heterocycles. The fraction of sp³-hybridized carbons (Fsp3) is 0.714. The molecule has 0 aromatic carbocycles. The van der Waals surface area contributed by atoms with Gasteiger partial charge in [-0.2, -0.15) is 0 Å². The van der Waals surface area contributed by atoms with E-state index in [1.54, 1.807) is 0 Å². The van der Waals surface area contributed by atoms with Gasteiger partial charge in [-0.05, 0) is 52.8 Å². The van der Waals surface area contributed by atoms with E-state index in [1.807, 2.05) is 13.0 Å². The van der Waals surface area contributed by atoms with Gasteiger partial charge in [-0.15, -0.1) is 0 Å². The fourth-order valence-electron chi connectivity index (χ4n) is 2.54. The van der Waals surface area contributed by atoms with E-state index in [4.69, 9.17) is 4.42 Å². The summed E-state index contributed by atoms with van der Waals surface area (Å²) in [6.45, 7) is 12.1. The lowest BCUT2D eigenvalue weighted by molar-refractivity contribution is 0.162. The highest BCUT2D eigenvalue weighted by Gasteiger charge is 2.28. The van der Waals surface area contributed by atoms with Gasteiger partial charge in [0.1, 0.15) is 11.5 Å². The summed E-state index contributed by atoms with van der Waals surface area (Å²) >= 11 is 0. The first-order valence-electron chi connectivity index (χ1n) is 6.53. The van der Waals surface area contributed by atoms with Crippen molar-refractivity contribution >= 4 is 0 Å². The lowest BCUT2D eigenvalue weighted by Gasteiger charge is -2.33. The van der Waals surface area contributed by atoms with Crippen molar-refractivity contribution in [3.05, 3.63) is 23.7 Å². The molecule has 96 valence electrons. The van der Waals surface area contributed by atoms with Crippen LogP contribution in [0.3, 0.4) is 0 Å². The molecular formula is C14H24N2O. The largest absolute Gasteiger partial charge is 0.465 e. The van der Waals surface area contributed by atoms with Gasteiger partial charge in [0.2, 0.25) is 0 Å². The summed E-state index contributed by atoms with van der Waals surface area (Å²) in [5, 5.41) is 3.59. The van der Waals surface area contributed by atoms with Gasteiger partial charge in [-0.3, -0.25) is 4.90 Å². The quantitative estimate of drug-likeness (QED) is 0.856. The van der Waals surface area contributed by atoms with E-state index in [2.05, 4.69) is 37.1 Å². The van der Waals surface area contributed by atoms with Crippen LogP contribution in [0.25, 0.3) is 0 Å². The van der Waals surface area contributed by atoms with Gasteiger partial charge in [0.15, 0.2) is 0 Å². The molecule has 0 saturated carbocycles. The highest BCUT2D eigenvalue weighted by molar-refractivity contribution is 5.09. The summed E-state index contributed by atoms with van der Waals surface area (Å²) in [5.41, 5.74) is 0.187. The third-order valence-corrected chi connectivity index (χ3v) is 3.54. The predicted molar refractivity (Wildman–Crippen MR) is 70.1 cm³/mol. The van der Waals surface area contributed by atoms with Crippen LogP contribution in [0.15, 0.2) is 16.5 Å². The van der Waals surface area contributed by atoms with Crippen molar-refractivity contribution in [1.29, 1.82) is 0 Å². The molecule has 17 heavy (non-hydrogen) atoms. The van der Waals surface area contributed by atoms with Crippen molar-refractivity contribution < 1.29 is 4.42 Å². The lowest BCUT2D eigenvalue weighted by atomic mass is 10.0. The van der Waals surface area contributed by atoms with Gasteiger partial charge < -0.3 is 9.73 Å². The summed E-state index contributed by atoms with van der Waals surface area (Å²) in [6.07, 6.45) is 1.20. The highest BCUT2D eigenvalue weighted by Crippen LogP contribution is 2.25. The number of nitrogens with zero attached hydrogens (tertiary/aromatic N) is 1. The van der Waals surface area contributed by atoms with E-state index in [-0.39, 0.29) is 5.54 Å². The molecule has 0 spiro atoms. The van der Waals surface area contributed by atoms with Crippen molar-refractivity contribution in [2.75, 3.05) is 19.6 Å². The fourth-order valence-corrected chi connectivity index (χ4v) is 2.54. The van der Waals surface area contributed by atoms with E-state index in [0.717, 1.165) is 31.2 Å². The maximum absolute atomic E-state index is 5.75. The molecule has 0 amide bonds. The van der Waals surface area contributed by atoms with Gasteiger partial charge >= 0.3 is 0 Å². The molecule has 1 unspecified atom stereocenters. The first-order chi connectivity index (χ1) is 7.98. The van der Waals surface area contributed by atoms with Crippen molar-refractivity contribution in [2.45, 2.75) is 45.7 Å². The summed E-state index contributed by atoms with van der Waals surface area (Å²) in [4.78, 5) is 2.51. The number of aryl methyl sites for hydroxylation is 1. The zero-order valence-corrected chi connectivity index (χ0v) is 11.4. The number of furan rings is 1. The SMILES string of the molecule is Cc1ccc(C(C)N2CCCNC(C)(C)C2)o1. The topological polar surface area (TPSA) is 28.4 Å².